The number of non-ortho nitro benzene ring substituents is 1. The highest BCUT2D eigenvalue weighted by molar-refractivity contribution is 6.12. The summed E-state index contributed by atoms with van der Waals surface area (Å²) >= 11 is 0. The fourth-order valence-corrected chi connectivity index (χ4v) is 3.20. The molecule has 0 amide bonds. The van der Waals surface area contributed by atoms with Gasteiger partial charge in [0, 0.05) is 23.3 Å². The number of aliphatic imine (C=N–C) groups is 1. The van der Waals surface area contributed by atoms with E-state index in [9.17, 15) is 14.9 Å². The molecule has 0 spiro atoms. The molecule has 172 valence electrons. The lowest BCUT2D eigenvalue weighted by molar-refractivity contribution is -0.384. The summed E-state index contributed by atoms with van der Waals surface area (Å²) in [4.78, 5) is 27.4. The van der Waals surface area contributed by atoms with Crippen LogP contribution in [0.2, 0.25) is 0 Å². The van der Waals surface area contributed by atoms with E-state index >= 15 is 0 Å². The molecule has 0 N–H and O–H groups in total. The molecule has 1 aliphatic rings. The first-order valence-corrected chi connectivity index (χ1v) is 10.3. The van der Waals surface area contributed by atoms with E-state index < -0.39 is 10.9 Å². The van der Waals surface area contributed by atoms with Crippen LogP contribution in [0.15, 0.2) is 83.5 Å². The average molecular weight is 460 g/mol. The standard InChI is InChI=1S/C25H20N2O7/c1-31-22-9-5-6-10-23(22)33-14-13-32-21-12-11-19(27(29)30)15-18(21)16-20-25(28)34-24(26-20)17-7-3-2-4-8-17/h2-12,15-16H,13-14H2,1H3/b20-16+. The zero-order valence-electron chi connectivity index (χ0n) is 18.2. The van der Waals surface area contributed by atoms with Crippen molar-refractivity contribution in [3.8, 4) is 17.2 Å². The SMILES string of the molecule is COc1ccccc1OCCOc1ccc([N+](=O)[O-])cc1/C=C1/N=C(c2ccccc2)OC1=O. The highest BCUT2D eigenvalue weighted by Crippen LogP contribution is 2.29. The molecular weight excluding hydrogens is 440 g/mol. The van der Waals surface area contributed by atoms with Crippen molar-refractivity contribution in [3.63, 3.8) is 0 Å². The zero-order chi connectivity index (χ0) is 23.9. The molecule has 0 saturated carbocycles. The van der Waals surface area contributed by atoms with E-state index in [1.807, 2.05) is 18.2 Å². The van der Waals surface area contributed by atoms with E-state index in [4.69, 9.17) is 18.9 Å². The summed E-state index contributed by atoms with van der Waals surface area (Å²) in [5.41, 5.74) is 0.817. The molecule has 0 unspecified atom stereocenters. The van der Waals surface area contributed by atoms with Gasteiger partial charge in [-0.25, -0.2) is 9.79 Å². The number of hydrogen-bond acceptors (Lipinski definition) is 8. The van der Waals surface area contributed by atoms with E-state index in [1.165, 1.54) is 24.3 Å². The molecule has 9 nitrogen and oxygen atoms in total. The van der Waals surface area contributed by atoms with Crippen molar-refractivity contribution in [2.45, 2.75) is 0 Å². The number of nitro benzene ring substituents is 1. The first kappa shape index (κ1) is 22.5. The smallest absolute Gasteiger partial charge is 0.363 e. The van der Waals surface area contributed by atoms with Gasteiger partial charge >= 0.3 is 5.97 Å². The Balaban J connectivity index is 1.53. The normalized spacial score (nSPS) is 13.9. The van der Waals surface area contributed by atoms with Gasteiger partial charge in [0.1, 0.15) is 19.0 Å². The quantitative estimate of drug-likeness (QED) is 0.153. The van der Waals surface area contributed by atoms with Crippen LogP contribution in [0.5, 0.6) is 17.2 Å². The second-order valence-electron chi connectivity index (χ2n) is 7.03. The van der Waals surface area contributed by atoms with E-state index in [0.717, 1.165) is 0 Å². The van der Waals surface area contributed by atoms with Gasteiger partial charge in [-0.1, -0.05) is 30.3 Å². The number of hydrogen-bond donors (Lipinski definition) is 0. The molecule has 3 aromatic rings. The van der Waals surface area contributed by atoms with Gasteiger partial charge in [0.25, 0.3) is 5.69 Å². The molecule has 1 heterocycles. The van der Waals surface area contributed by atoms with Crippen LogP contribution in [-0.4, -0.2) is 37.1 Å². The largest absolute Gasteiger partial charge is 0.493 e. The molecule has 0 atom stereocenters. The van der Waals surface area contributed by atoms with Crippen molar-refractivity contribution in [1.29, 1.82) is 0 Å². The minimum absolute atomic E-state index is 0.00877. The number of nitro groups is 1. The van der Waals surface area contributed by atoms with Gasteiger partial charge in [-0.2, -0.15) is 0 Å². The second-order valence-corrected chi connectivity index (χ2v) is 7.03. The number of benzene rings is 3. The number of esters is 1. The van der Waals surface area contributed by atoms with E-state index in [-0.39, 0.29) is 30.5 Å². The van der Waals surface area contributed by atoms with Crippen molar-refractivity contribution in [2.75, 3.05) is 20.3 Å². The van der Waals surface area contributed by atoms with E-state index in [1.54, 1.807) is 43.5 Å². The molecule has 0 aromatic heterocycles. The van der Waals surface area contributed by atoms with Gasteiger partial charge in [-0.15, -0.1) is 0 Å². The average Bonchev–Trinajstić information content (AvgIpc) is 3.23. The lowest BCUT2D eigenvalue weighted by Gasteiger charge is -2.12. The Morgan fingerprint density at radius 1 is 0.941 bits per heavy atom. The summed E-state index contributed by atoms with van der Waals surface area (Å²) in [6, 6.07) is 20.3. The minimum Gasteiger partial charge on any atom is -0.493 e. The highest BCUT2D eigenvalue weighted by Gasteiger charge is 2.25. The third-order valence-electron chi connectivity index (χ3n) is 4.81. The Kier molecular flexibility index (Phi) is 6.83. The van der Waals surface area contributed by atoms with Gasteiger partial charge in [-0.05, 0) is 36.4 Å². The number of rotatable bonds is 9. The van der Waals surface area contributed by atoms with Crippen LogP contribution in [0.25, 0.3) is 6.08 Å². The Morgan fingerprint density at radius 2 is 1.62 bits per heavy atom. The molecule has 1 aliphatic heterocycles. The van der Waals surface area contributed by atoms with Gasteiger partial charge in [-0.3, -0.25) is 10.1 Å². The zero-order valence-corrected chi connectivity index (χ0v) is 18.2. The summed E-state index contributed by atoms with van der Waals surface area (Å²) in [6.07, 6.45) is 1.40. The number of cyclic esters (lactones) is 1. The maximum Gasteiger partial charge on any atom is 0.363 e. The van der Waals surface area contributed by atoms with Crippen LogP contribution in [0.3, 0.4) is 0 Å². The predicted octanol–water partition coefficient (Wildman–Crippen LogP) is 4.41. The van der Waals surface area contributed by atoms with Gasteiger partial charge < -0.3 is 18.9 Å². The number of ether oxygens (including phenoxy) is 4. The summed E-state index contributed by atoms with van der Waals surface area (Å²) in [5, 5.41) is 11.3. The molecular formula is C25H20N2O7. The molecule has 34 heavy (non-hydrogen) atoms. The summed E-state index contributed by atoms with van der Waals surface area (Å²) in [7, 11) is 1.55. The van der Waals surface area contributed by atoms with Crippen molar-refractivity contribution in [1.82, 2.24) is 0 Å². The molecule has 4 rings (SSSR count). The first-order chi connectivity index (χ1) is 16.5. The van der Waals surface area contributed by atoms with Gasteiger partial charge in [0.05, 0.1) is 12.0 Å². The van der Waals surface area contributed by atoms with Crippen molar-refractivity contribution < 1.29 is 28.7 Å². The first-order valence-electron chi connectivity index (χ1n) is 10.3. The maximum atomic E-state index is 12.4. The number of carbonyl (C=O) groups is 1. The molecule has 0 saturated heterocycles. The Labute approximate surface area is 195 Å². The van der Waals surface area contributed by atoms with E-state index in [2.05, 4.69) is 4.99 Å². The van der Waals surface area contributed by atoms with Crippen LogP contribution in [0, 0.1) is 10.1 Å². The number of para-hydroxylation sites is 2. The third kappa shape index (κ3) is 5.21. The fraction of sp³-hybridized carbons (Fsp3) is 0.120. The molecule has 0 aliphatic carbocycles. The third-order valence-corrected chi connectivity index (χ3v) is 4.81. The fourth-order valence-electron chi connectivity index (χ4n) is 3.20. The highest BCUT2D eigenvalue weighted by atomic mass is 16.6. The second kappa shape index (κ2) is 10.3. The summed E-state index contributed by atoms with van der Waals surface area (Å²) in [6.45, 7) is 0.348. The van der Waals surface area contributed by atoms with Crippen molar-refractivity contribution >= 4 is 23.6 Å². The lowest BCUT2D eigenvalue weighted by atomic mass is 10.1. The van der Waals surface area contributed by atoms with Crippen LogP contribution in [0.1, 0.15) is 11.1 Å². The van der Waals surface area contributed by atoms with Gasteiger partial charge in [0.2, 0.25) is 5.90 Å². The van der Waals surface area contributed by atoms with Crippen LogP contribution < -0.4 is 14.2 Å². The van der Waals surface area contributed by atoms with Crippen LogP contribution in [-0.2, 0) is 9.53 Å². The maximum absolute atomic E-state index is 12.4. The number of carbonyl (C=O) groups excluding carboxylic acids is 1. The molecule has 9 heteroatoms. The molecule has 0 bridgehead atoms. The van der Waals surface area contributed by atoms with Crippen molar-refractivity contribution in [3.05, 3.63) is 99.7 Å². The number of methoxy groups -OCH3 is 1. The minimum atomic E-state index is -0.657. The molecule has 0 radical (unpaired) electrons. The molecule has 0 fully saturated rings. The van der Waals surface area contributed by atoms with Crippen LogP contribution >= 0.6 is 0 Å². The molecule has 3 aromatic carbocycles. The summed E-state index contributed by atoms with van der Waals surface area (Å²) < 4.78 is 22.0. The number of nitrogens with zero attached hydrogens (tertiary/aromatic N) is 2. The van der Waals surface area contributed by atoms with Crippen molar-refractivity contribution in [2.24, 2.45) is 4.99 Å². The Morgan fingerprint density at radius 3 is 2.32 bits per heavy atom. The topological polar surface area (TPSA) is 109 Å². The Bertz CT molecular complexity index is 1270. The van der Waals surface area contributed by atoms with E-state index in [0.29, 0.717) is 28.4 Å². The summed E-state index contributed by atoms with van der Waals surface area (Å²) in [5.74, 6) is 0.995. The lowest BCUT2D eigenvalue weighted by Crippen LogP contribution is -2.10. The monoisotopic (exact) mass is 460 g/mol. The Hall–Kier alpha value is -4.66. The van der Waals surface area contributed by atoms with Gasteiger partial charge in [0.15, 0.2) is 17.2 Å². The van der Waals surface area contributed by atoms with Crippen LogP contribution in [0.4, 0.5) is 5.69 Å². The predicted molar refractivity (Wildman–Crippen MR) is 124 cm³/mol.